The lowest BCUT2D eigenvalue weighted by atomic mass is 10.2. The Hall–Kier alpha value is -0.863. The number of rotatable bonds is 6. The highest BCUT2D eigenvalue weighted by molar-refractivity contribution is 6.46. The number of hydrogen-bond donors (Lipinski definition) is 0. The third-order valence-corrected chi connectivity index (χ3v) is 4.05. The van der Waals surface area contributed by atoms with Gasteiger partial charge in [-0.25, -0.2) is 0 Å². The number of benzene rings is 1. The van der Waals surface area contributed by atoms with Gasteiger partial charge >= 0.3 is 0 Å². The third kappa shape index (κ3) is 4.02. The van der Waals surface area contributed by atoms with E-state index in [9.17, 15) is 0 Å². The van der Waals surface area contributed by atoms with Crippen LogP contribution in [0.15, 0.2) is 30.8 Å². The second-order valence-corrected chi connectivity index (χ2v) is 5.13. The van der Waals surface area contributed by atoms with Crippen LogP contribution in [0.4, 0.5) is 0 Å². The van der Waals surface area contributed by atoms with Crippen LogP contribution < -0.4 is 5.19 Å². The topological polar surface area (TPSA) is 9.23 Å². The van der Waals surface area contributed by atoms with Crippen LogP contribution in [0.5, 0.6) is 0 Å². The van der Waals surface area contributed by atoms with Crippen LogP contribution in [0.3, 0.4) is 0 Å². The summed E-state index contributed by atoms with van der Waals surface area (Å²) in [6.07, 6.45) is 4.56. The average Bonchev–Trinajstić information content (AvgIpc) is 2.31. The summed E-state index contributed by atoms with van der Waals surface area (Å²) in [5.74, 6) is 0. The van der Waals surface area contributed by atoms with Gasteiger partial charge in [0.1, 0.15) is 0 Å². The average molecular weight is 220 g/mol. The van der Waals surface area contributed by atoms with Crippen molar-refractivity contribution in [3.63, 3.8) is 0 Å². The zero-order valence-corrected chi connectivity index (χ0v) is 11.1. The molecule has 0 fully saturated rings. The molecule has 82 valence electrons. The Morgan fingerprint density at radius 2 is 1.87 bits per heavy atom. The van der Waals surface area contributed by atoms with Gasteiger partial charge in [-0.1, -0.05) is 50.8 Å². The summed E-state index contributed by atoms with van der Waals surface area (Å²) in [6, 6.07) is 8.52. The van der Waals surface area contributed by atoms with Crippen molar-refractivity contribution in [2.24, 2.45) is 0 Å². The minimum Gasteiger partial charge on any atom is -0.416 e. The van der Waals surface area contributed by atoms with Crippen molar-refractivity contribution < 1.29 is 4.43 Å². The lowest BCUT2D eigenvalue weighted by Crippen LogP contribution is -2.23. The fraction of sp³-hybridized carbons (Fsp3) is 0.385. The van der Waals surface area contributed by atoms with Crippen LogP contribution in [0.2, 0.25) is 0 Å². The van der Waals surface area contributed by atoms with E-state index in [0.717, 1.165) is 12.8 Å². The van der Waals surface area contributed by atoms with Gasteiger partial charge in [0.15, 0.2) is 9.76 Å². The van der Waals surface area contributed by atoms with Gasteiger partial charge in [-0.2, -0.15) is 0 Å². The molecule has 0 heterocycles. The predicted octanol–water partition coefficient (Wildman–Crippen LogP) is 2.24. The van der Waals surface area contributed by atoms with Crippen molar-refractivity contribution in [3.05, 3.63) is 36.4 Å². The molecule has 2 heteroatoms. The molecule has 0 unspecified atom stereocenters. The first-order chi connectivity index (χ1) is 7.30. The molecule has 0 saturated carbocycles. The summed E-state index contributed by atoms with van der Waals surface area (Å²) in [5.41, 5.74) is 1.18. The Balaban J connectivity index is 2.46. The highest BCUT2D eigenvalue weighted by atomic mass is 28.2. The van der Waals surface area contributed by atoms with Crippen LogP contribution in [-0.4, -0.2) is 15.9 Å². The van der Waals surface area contributed by atoms with Crippen molar-refractivity contribution in [2.45, 2.75) is 32.8 Å². The van der Waals surface area contributed by atoms with E-state index < -0.39 is 9.76 Å². The minimum absolute atomic E-state index is 0.454. The smallest absolute Gasteiger partial charge is 0.192 e. The lowest BCUT2D eigenvalue weighted by Gasteiger charge is -2.13. The molecule has 0 aromatic heterocycles. The van der Waals surface area contributed by atoms with Crippen LogP contribution in [-0.2, 0) is 4.43 Å². The Bertz CT molecular complexity index is 288. The molecule has 0 amide bonds. The molecule has 0 saturated heterocycles. The summed E-state index contributed by atoms with van der Waals surface area (Å²) < 4.78 is 5.91. The van der Waals surface area contributed by atoms with Crippen LogP contribution in [0.25, 0.3) is 6.08 Å². The normalized spacial score (nSPS) is 11.4. The van der Waals surface area contributed by atoms with Gasteiger partial charge in [0, 0.05) is 6.10 Å². The fourth-order valence-corrected chi connectivity index (χ4v) is 2.82. The first-order valence-corrected chi connectivity index (χ1v) is 6.91. The highest BCUT2D eigenvalue weighted by Gasteiger charge is 2.03. The summed E-state index contributed by atoms with van der Waals surface area (Å²) in [4.78, 5) is 0. The monoisotopic (exact) mass is 220 g/mol. The van der Waals surface area contributed by atoms with E-state index in [4.69, 9.17) is 4.43 Å². The molecule has 0 atom stereocenters. The second kappa shape index (κ2) is 6.59. The van der Waals surface area contributed by atoms with Crippen molar-refractivity contribution in [1.82, 2.24) is 0 Å². The minimum atomic E-state index is -0.539. The van der Waals surface area contributed by atoms with Crippen molar-refractivity contribution in [2.75, 3.05) is 0 Å². The molecule has 1 rings (SSSR count). The second-order valence-electron chi connectivity index (χ2n) is 3.70. The maximum atomic E-state index is 5.91. The van der Waals surface area contributed by atoms with Crippen LogP contribution in [0.1, 0.15) is 32.3 Å². The van der Waals surface area contributed by atoms with Gasteiger partial charge in [0.05, 0.1) is 0 Å². The summed E-state index contributed by atoms with van der Waals surface area (Å²) in [5, 5.41) is 1.37. The van der Waals surface area contributed by atoms with E-state index in [1.54, 1.807) is 0 Å². The molecular weight excluding hydrogens is 200 g/mol. The van der Waals surface area contributed by atoms with Gasteiger partial charge in [-0.05, 0) is 23.6 Å². The molecular formula is C13H20OSi. The van der Waals surface area contributed by atoms with E-state index in [1.807, 2.05) is 6.08 Å². The Morgan fingerprint density at radius 3 is 2.33 bits per heavy atom. The van der Waals surface area contributed by atoms with Gasteiger partial charge in [0.2, 0.25) is 0 Å². The van der Waals surface area contributed by atoms with Gasteiger partial charge in [0.25, 0.3) is 0 Å². The van der Waals surface area contributed by atoms with E-state index in [2.05, 4.69) is 44.7 Å². The molecule has 0 N–H and O–H groups in total. The van der Waals surface area contributed by atoms with Crippen LogP contribution in [0, 0.1) is 0 Å². The molecule has 15 heavy (non-hydrogen) atoms. The van der Waals surface area contributed by atoms with Crippen molar-refractivity contribution in [3.8, 4) is 0 Å². The summed E-state index contributed by atoms with van der Waals surface area (Å²) in [7, 11) is -0.539. The Kier molecular flexibility index (Phi) is 5.36. The molecule has 1 aromatic rings. The fourth-order valence-electron chi connectivity index (χ4n) is 1.49. The van der Waals surface area contributed by atoms with Gasteiger partial charge in [-0.15, -0.1) is 0 Å². The maximum absolute atomic E-state index is 5.91. The predicted molar refractivity (Wildman–Crippen MR) is 70.2 cm³/mol. The van der Waals surface area contributed by atoms with E-state index in [1.165, 1.54) is 10.8 Å². The van der Waals surface area contributed by atoms with E-state index in [0.29, 0.717) is 6.10 Å². The molecule has 1 aromatic carbocycles. The van der Waals surface area contributed by atoms with E-state index >= 15 is 0 Å². The largest absolute Gasteiger partial charge is 0.416 e. The SMILES string of the molecule is C=Cc1ccc([SiH2]OC(CC)CC)cc1. The Morgan fingerprint density at radius 1 is 1.27 bits per heavy atom. The molecule has 0 radical (unpaired) electrons. The molecule has 0 aliphatic carbocycles. The van der Waals surface area contributed by atoms with E-state index in [-0.39, 0.29) is 0 Å². The molecule has 0 bridgehead atoms. The quantitative estimate of drug-likeness (QED) is 0.668. The third-order valence-electron chi connectivity index (χ3n) is 2.61. The zero-order chi connectivity index (χ0) is 11.1. The summed E-state index contributed by atoms with van der Waals surface area (Å²) >= 11 is 0. The van der Waals surface area contributed by atoms with Gasteiger partial charge < -0.3 is 4.43 Å². The highest BCUT2D eigenvalue weighted by Crippen LogP contribution is 2.02. The first kappa shape index (κ1) is 12.2. The van der Waals surface area contributed by atoms with Crippen molar-refractivity contribution in [1.29, 1.82) is 0 Å². The summed E-state index contributed by atoms with van der Waals surface area (Å²) in [6.45, 7) is 8.11. The van der Waals surface area contributed by atoms with Gasteiger partial charge in [-0.3, -0.25) is 0 Å². The first-order valence-electron chi connectivity index (χ1n) is 5.63. The maximum Gasteiger partial charge on any atom is 0.192 e. The lowest BCUT2D eigenvalue weighted by molar-refractivity contribution is 0.206. The molecule has 0 aliphatic rings. The molecule has 0 spiro atoms. The van der Waals surface area contributed by atoms with Crippen LogP contribution >= 0.6 is 0 Å². The molecule has 1 nitrogen and oxygen atoms in total. The number of hydrogen-bond acceptors (Lipinski definition) is 1. The zero-order valence-electron chi connectivity index (χ0n) is 9.70. The Labute approximate surface area is 95.1 Å². The van der Waals surface area contributed by atoms with Crippen molar-refractivity contribution >= 4 is 21.0 Å². The standard InChI is InChI=1S/C13H20OSi/c1-4-11-7-9-13(10-8-11)15-14-12(5-2)6-3/h4,7-10,12H,1,5-6,15H2,2-3H3. The molecule has 0 aliphatic heterocycles.